The number of nitrogens with zero attached hydrogens (tertiary/aromatic N) is 1. The average molecular weight is 272 g/mol. The molecule has 1 atom stereocenters. The molecule has 2 N–H and O–H groups in total. The van der Waals surface area contributed by atoms with Crippen LogP contribution in [0.1, 0.15) is 25.2 Å². The molecule has 1 unspecified atom stereocenters. The van der Waals surface area contributed by atoms with Crippen LogP contribution in [0.2, 0.25) is 0 Å². The smallest absolute Gasteiger partial charge is 0.209 e. The molecular weight excluding hydrogens is 252 g/mol. The number of sulfonamides is 1. The van der Waals surface area contributed by atoms with Crippen LogP contribution in [-0.2, 0) is 16.4 Å². The molecule has 1 heterocycles. The summed E-state index contributed by atoms with van der Waals surface area (Å²) < 4.78 is 27.5. The Labute approximate surface area is 108 Å². The van der Waals surface area contributed by atoms with Crippen molar-refractivity contribution in [3.63, 3.8) is 0 Å². The van der Waals surface area contributed by atoms with Crippen LogP contribution in [0.15, 0.2) is 12.1 Å². The molecular formula is C12H20N2O3S. The molecule has 6 heteroatoms. The number of primary sulfonamides is 1. The number of hydrogen-bond donors (Lipinski definition) is 1. The minimum Gasteiger partial charge on any atom is -0.491 e. The molecule has 0 spiro atoms. The SMILES string of the molecule is CCc1nc(C)ccc1OCC(C)CS(N)(=O)=O. The monoisotopic (exact) mass is 272 g/mol. The third-order valence-electron chi connectivity index (χ3n) is 2.45. The summed E-state index contributed by atoms with van der Waals surface area (Å²) in [5, 5.41) is 4.99. The van der Waals surface area contributed by atoms with Crippen molar-refractivity contribution in [3.05, 3.63) is 23.5 Å². The first-order valence-corrected chi connectivity index (χ1v) is 7.63. The van der Waals surface area contributed by atoms with E-state index in [0.717, 1.165) is 17.8 Å². The minimum atomic E-state index is -3.45. The van der Waals surface area contributed by atoms with Crippen molar-refractivity contribution in [2.75, 3.05) is 12.4 Å². The van der Waals surface area contributed by atoms with E-state index in [0.29, 0.717) is 12.4 Å². The molecule has 0 fully saturated rings. The quantitative estimate of drug-likeness (QED) is 0.845. The van der Waals surface area contributed by atoms with Gasteiger partial charge in [0, 0.05) is 11.6 Å². The molecule has 0 saturated heterocycles. The van der Waals surface area contributed by atoms with E-state index in [9.17, 15) is 8.42 Å². The van der Waals surface area contributed by atoms with E-state index in [1.54, 1.807) is 6.92 Å². The second-order valence-electron chi connectivity index (χ2n) is 4.50. The van der Waals surface area contributed by atoms with Gasteiger partial charge in [-0.1, -0.05) is 13.8 Å². The summed E-state index contributed by atoms with van der Waals surface area (Å²) in [4.78, 5) is 4.38. The van der Waals surface area contributed by atoms with Crippen LogP contribution in [-0.4, -0.2) is 25.8 Å². The predicted molar refractivity (Wildman–Crippen MR) is 71.0 cm³/mol. The Morgan fingerprint density at radius 2 is 2.11 bits per heavy atom. The maximum Gasteiger partial charge on any atom is 0.209 e. The molecule has 0 aromatic carbocycles. The Kier molecular flexibility index (Phi) is 5.10. The van der Waals surface area contributed by atoms with E-state index < -0.39 is 10.0 Å². The number of aromatic nitrogens is 1. The second kappa shape index (κ2) is 6.15. The highest BCUT2D eigenvalue weighted by atomic mass is 32.2. The third kappa shape index (κ3) is 5.01. The third-order valence-corrected chi connectivity index (χ3v) is 3.48. The molecule has 102 valence electrons. The molecule has 0 aliphatic heterocycles. The van der Waals surface area contributed by atoms with Gasteiger partial charge in [0.25, 0.3) is 0 Å². The van der Waals surface area contributed by atoms with Crippen molar-refractivity contribution in [3.8, 4) is 5.75 Å². The van der Waals surface area contributed by atoms with Crippen LogP contribution < -0.4 is 9.88 Å². The predicted octanol–water partition coefficient (Wildman–Crippen LogP) is 1.26. The summed E-state index contributed by atoms with van der Waals surface area (Å²) >= 11 is 0. The van der Waals surface area contributed by atoms with Gasteiger partial charge >= 0.3 is 0 Å². The van der Waals surface area contributed by atoms with Gasteiger partial charge in [0.05, 0.1) is 18.1 Å². The van der Waals surface area contributed by atoms with Crippen molar-refractivity contribution in [2.24, 2.45) is 11.1 Å². The summed E-state index contributed by atoms with van der Waals surface area (Å²) in [7, 11) is -3.45. The van der Waals surface area contributed by atoms with Crippen molar-refractivity contribution in [2.45, 2.75) is 27.2 Å². The minimum absolute atomic E-state index is 0.0756. The highest BCUT2D eigenvalue weighted by molar-refractivity contribution is 7.89. The molecule has 0 radical (unpaired) electrons. The van der Waals surface area contributed by atoms with Gasteiger partial charge in [-0.2, -0.15) is 0 Å². The molecule has 5 nitrogen and oxygen atoms in total. The molecule has 1 aromatic rings. The van der Waals surface area contributed by atoms with E-state index in [4.69, 9.17) is 9.88 Å². The largest absolute Gasteiger partial charge is 0.491 e. The lowest BCUT2D eigenvalue weighted by atomic mass is 10.2. The second-order valence-corrected chi connectivity index (χ2v) is 6.16. The van der Waals surface area contributed by atoms with Crippen molar-refractivity contribution in [1.82, 2.24) is 4.98 Å². The summed E-state index contributed by atoms with van der Waals surface area (Å²) in [6, 6.07) is 3.74. The van der Waals surface area contributed by atoms with Crippen molar-refractivity contribution in [1.29, 1.82) is 0 Å². The first kappa shape index (κ1) is 14.9. The van der Waals surface area contributed by atoms with Gasteiger partial charge < -0.3 is 4.74 Å². The zero-order valence-electron chi connectivity index (χ0n) is 11.0. The number of aryl methyl sites for hydroxylation is 2. The van der Waals surface area contributed by atoms with E-state index in [2.05, 4.69) is 4.98 Å². The fraction of sp³-hybridized carbons (Fsp3) is 0.583. The van der Waals surface area contributed by atoms with Gasteiger partial charge in [0.2, 0.25) is 10.0 Å². The Balaban J connectivity index is 2.63. The molecule has 0 amide bonds. The Hall–Kier alpha value is -1.14. The Bertz CT molecular complexity index is 500. The fourth-order valence-corrected chi connectivity index (χ4v) is 2.55. The van der Waals surface area contributed by atoms with Crippen LogP contribution in [0.25, 0.3) is 0 Å². The van der Waals surface area contributed by atoms with Crippen LogP contribution >= 0.6 is 0 Å². The van der Waals surface area contributed by atoms with Crippen molar-refractivity contribution >= 4 is 10.0 Å². The normalized spacial score (nSPS) is 13.3. The molecule has 0 aliphatic rings. The fourth-order valence-electron chi connectivity index (χ4n) is 1.66. The molecule has 1 aromatic heterocycles. The van der Waals surface area contributed by atoms with Crippen LogP contribution in [0.4, 0.5) is 0 Å². The zero-order chi connectivity index (χ0) is 13.8. The molecule has 0 saturated carbocycles. The lowest BCUT2D eigenvalue weighted by molar-refractivity contribution is 0.268. The lowest BCUT2D eigenvalue weighted by Gasteiger charge is -2.14. The van der Waals surface area contributed by atoms with Gasteiger partial charge in [-0.15, -0.1) is 0 Å². The summed E-state index contributed by atoms with van der Waals surface area (Å²) in [6.07, 6.45) is 0.778. The van der Waals surface area contributed by atoms with Crippen LogP contribution in [0, 0.1) is 12.8 Å². The summed E-state index contributed by atoms with van der Waals surface area (Å²) in [6.45, 7) is 6.03. The van der Waals surface area contributed by atoms with Gasteiger partial charge in [0.15, 0.2) is 0 Å². The Morgan fingerprint density at radius 3 is 2.67 bits per heavy atom. The summed E-state index contributed by atoms with van der Waals surface area (Å²) in [5.74, 6) is 0.490. The standard InChI is InChI=1S/C12H20N2O3S/c1-4-11-12(6-5-10(3)14-11)17-7-9(2)8-18(13,15)16/h5-6,9H,4,7-8H2,1-3H3,(H2,13,15,16). The van der Waals surface area contributed by atoms with Gasteiger partial charge in [-0.05, 0) is 25.5 Å². The van der Waals surface area contributed by atoms with Gasteiger partial charge in [-0.25, -0.2) is 13.6 Å². The van der Waals surface area contributed by atoms with Gasteiger partial charge in [0.1, 0.15) is 5.75 Å². The maximum atomic E-state index is 10.9. The van der Waals surface area contributed by atoms with E-state index >= 15 is 0 Å². The van der Waals surface area contributed by atoms with Crippen LogP contribution in [0.3, 0.4) is 0 Å². The average Bonchev–Trinajstić information content (AvgIpc) is 2.24. The maximum absolute atomic E-state index is 10.9. The van der Waals surface area contributed by atoms with E-state index in [1.807, 2.05) is 26.0 Å². The number of pyridine rings is 1. The lowest BCUT2D eigenvalue weighted by Crippen LogP contribution is -2.25. The topological polar surface area (TPSA) is 82.3 Å². The number of ether oxygens (including phenoxy) is 1. The first-order chi connectivity index (χ1) is 8.31. The highest BCUT2D eigenvalue weighted by Crippen LogP contribution is 2.18. The van der Waals surface area contributed by atoms with E-state index in [1.165, 1.54) is 0 Å². The van der Waals surface area contributed by atoms with Gasteiger partial charge in [-0.3, -0.25) is 4.98 Å². The number of rotatable bonds is 6. The molecule has 0 aliphatic carbocycles. The number of nitrogens with two attached hydrogens (primary N) is 1. The van der Waals surface area contributed by atoms with Crippen LogP contribution in [0.5, 0.6) is 5.75 Å². The highest BCUT2D eigenvalue weighted by Gasteiger charge is 2.13. The van der Waals surface area contributed by atoms with E-state index in [-0.39, 0.29) is 11.7 Å². The van der Waals surface area contributed by atoms with Crippen molar-refractivity contribution < 1.29 is 13.2 Å². The number of hydrogen-bond acceptors (Lipinski definition) is 4. The first-order valence-electron chi connectivity index (χ1n) is 5.91. The summed E-state index contributed by atoms with van der Waals surface area (Å²) in [5.41, 5.74) is 1.83. The molecule has 0 bridgehead atoms. The zero-order valence-corrected chi connectivity index (χ0v) is 11.8. The molecule has 18 heavy (non-hydrogen) atoms. The molecule has 1 rings (SSSR count). The Morgan fingerprint density at radius 1 is 1.44 bits per heavy atom.